The maximum atomic E-state index is 12.6. The van der Waals surface area contributed by atoms with Crippen LogP contribution in [0.5, 0.6) is 0 Å². The third-order valence-electron chi connectivity index (χ3n) is 9.77. The summed E-state index contributed by atoms with van der Waals surface area (Å²) in [5.74, 6) is -0.323. The van der Waals surface area contributed by atoms with E-state index >= 15 is 0 Å². The van der Waals surface area contributed by atoms with E-state index in [1.54, 1.807) is 0 Å². The van der Waals surface area contributed by atoms with Gasteiger partial charge in [-0.2, -0.15) is 0 Å². The molecule has 0 aliphatic rings. The monoisotopic (exact) mass is 748 g/mol. The third kappa shape index (κ3) is 40.5. The summed E-state index contributed by atoms with van der Waals surface area (Å²) >= 11 is 0. The average Bonchev–Trinajstić information content (AvgIpc) is 3.12. The molecular formula is C42H86NO7P. The van der Waals surface area contributed by atoms with Gasteiger partial charge in [0, 0.05) is 19.6 Å². The molecule has 0 aliphatic heterocycles. The molecule has 9 heteroatoms. The summed E-state index contributed by atoms with van der Waals surface area (Å²) in [6.45, 7) is 4.98. The first-order chi connectivity index (χ1) is 24.9. The molecule has 0 aromatic rings. The van der Waals surface area contributed by atoms with Crippen molar-refractivity contribution in [1.29, 1.82) is 0 Å². The lowest BCUT2D eigenvalue weighted by Crippen LogP contribution is -2.28. The maximum Gasteiger partial charge on any atom is 0.472 e. The molecule has 0 rings (SSSR count). The van der Waals surface area contributed by atoms with Crippen molar-refractivity contribution in [3.05, 3.63) is 0 Å². The summed E-state index contributed by atoms with van der Waals surface area (Å²) < 4.78 is 33.4. The summed E-state index contributed by atoms with van der Waals surface area (Å²) in [5, 5.41) is 0. The largest absolute Gasteiger partial charge is 0.472 e. The second kappa shape index (κ2) is 40.7. The van der Waals surface area contributed by atoms with E-state index in [2.05, 4.69) is 13.8 Å². The van der Waals surface area contributed by atoms with E-state index < -0.39 is 13.9 Å². The van der Waals surface area contributed by atoms with E-state index in [1.165, 1.54) is 173 Å². The number of hydrogen-bond donors (Lipinski definition) is 2. The van der Waals surface area contributed by atoms with Gasteiger partial charge in [0.1, 0.15) is 6.10 Å². The molecule has 0 saturated heterocycles. The van der Waals surface area contributed by atoms with Crippen LogP contribution in [0.3, 0.4) is 0 Å². The fourth-order valence-corrected chi connectivity index (χ4v) is 7.29. The molecule has 0 spiro atoms. The molecule has 0 amide bonds. The van der Waals surface area contributed by atoms with Gasteiger partial charge in [-0.15, -0.1) is 0 Å². The van der Waals surface area contributed by atoms with Crippen LogP contribution in [-0.2, 0) is 27.9 Å². The molecular weight excluding hydrogens is 661 g/mol. The fourth-order valence-electron chi connectivity index (χ4n) is 6.53. The molecule has 0 aromatic carbocycles. The predicted octanol–water partition coefficient (Wildman–Crippen LogP) is 12.9. The van der Waals surface area contributed by atoms with E-state index in [-0.39, 0.29) is 32.3 Å². The Bertz CT molecular complexity index is 757. The number of nitrogens with two attached hydrogens (primary N) is 1. The van der Waals surface area contributed by atoms with Crippen molar-refractivity contribution >= 4 is 13.8 Å². The number of esters is 1. The van der Waals surface area contributed by atoms with Gasteiger partial charge in [-0.1, -0.05) is 206 Å². The van der Waals surface area contributed by atoms with E-state index in [0.717, 1.165) is 32.1 Å². The molecule has 0 fully saturated rings. The van der Waals surface area contributed by atoms with Gasteiger partial charge in [-0.3, -0.25) is 13.8 Å². The van der Waals surface area contributed by atoms with Gasteiger partial charge in [-0.05, 0) is 12.8 Å². The lowest BCUT2D eigenvalue weighted by Gasteiger charge is -2.20. The van der Waals surface area contributed by atoms with Crippen molar-refractivity contribution in [1.82, 2.24) is 0 Å². The van der Waals surface area contributed by atoms with Gasteiger partial charge in [0.25, 0.3) is 0 Å². The van der Waals surface area contributed by atoms with Crippen molar-refractivity contribution in [3.63, 3.8) is 0 Å². The summed E-state index contributed by atoms with van der Waals surface area (Å²) in [4.78, 5) is 22.5. The lowest BCUT2D eigenvalue weighted by atomic mass is 10.0. The van der Waals surface area contributed by atoms with Gasteiger partial charge in [0.05, 0.1) is 19.8 Å². The van der Waals surface area contributed by atoms with E-state index in [4.69, 9.17) is 24.3 Å². The van der Waals surface area contributed by atoms with Crippen LogP contribution in [-0.4, -0.2) is 49.9 Å². The van der Waals surface area contributed by atoms with Gasteiger partial charge in [0.15, 0.2) is 0 Å². The molecule has 0 bridgehead atoms. The van der Waals surface area contributed by atoms with Crippen LogP contribution in [0.15, 0.2) is 0 Å². The first kappa shape index (κ1) is 50.5. The molecule has 0 saturated carbocycles. The first-order valence-corrected chi connectivity index (χ1v) is 23.5. The highest BCUT2D eigenvalue weighted by Gasteiger charge is 2.25. The smallest absolute Gasteiger partial charge is 0.457 e. The number of phosphoric ester groups is 1. The number of hydrogen-bond acceptors (Lipinski definition) is 7. The highest BCUT2D eigenvalue weighted by Crippen LogP contribution is 2.43. The minimum atomic E-state index is -4.27. The van der Waals surface area contributed by atoms with Crippen molar-refractivity contribution in [2.45, 2.75) is 232 Å². The summed E-state index contributed by atoms with van der Waals surface area (Å²) in [7, 11) is -4.27. The van der Waals surface area contributed by atoms with Crippen LogP contribution in [0.4, 0.5) is 0 Å². The SMILES string of the molecule is CCCCCCCCCCCCCCCCCCCCCC(=O)OC(COCCCCCCCCCCCCCCC)COP(=O)(O)OCCN. The number of unbranched alkanes of at least 4 members (excludes halogenated alkanes) is 30. The zero-order chi connectivity index (χ0) is 37.4. The van der Waals surface area contributed by atoms with E-state index in [0.29, 0.717) is 13.0 Å². The van der Waals surface area contributed by atoms with Gasteiger partial charge in [-0.25, -0.2) is 4.57 Å². The van der Waals surface area contributed by atoms with Crippen molar-refractivity contribution in [2.75, 3.05) is 33.0 Å². The normalized spacial score (nSPS) is 13.4. The number of carbonyl (C=O) groups is 1. The molecule has 51 heavy (non-hydrogen) atoms. The van der Waals surface area contributed by atoms with Crippen LogP contribution in [0.2, 0.25) is 0 Å². The topological polar surface area (TPSA) is 117 Å². The Kier molecular flexibility index (Phi) is 40.3. The Morgan fingerprint density at radius 2 is 0.863 bits per heavy atom. The zero-order valence-electron chi connectivity index (χ0n) is 33.9. The Morgan fingerprint density at radius 1 is 0.510 bits per heavy atom. The number of rotatable bonds is 43. The van der Waals surface area contributed by atoms with Gasteiger partial charge >= 0.3 is 13.8 Å². The van der Waals surface area contributed by atoms with Crippen LogP contribution in [0, 0.1) is 0 Å². The second-order valence-corrected chi connectivity index (χ2v) is 16.4. The first-order valence-electron chi connectivity index (χ1n) is 22.0. The van der Waals surface area contributed by atoms with Crippen molar-refractivity contribution in [2.24, 2.45) is 5.73 Å². The predicted molar refractivity (Wildman–Crippen MR) is 215 cm³/mol. The van der Waals surface area contributed by atoms with E-state index in [9.17, 15) is 14.3 Å². The maximum absolute atomic E-state index is 12.6. The number of carbonyl (C=O) groups excluding carboxylic acids is 1. The number of phosphoric acid groups is 1. The van der Waals surface area contributed by atoms with Gasteiger partial charge in [0.2, 0.25) is 0 Å². The van der Waals surface area contributed by atoms with Crippen molar-refractivity contribution < 1.29 is 32.8 Å². The summed E-state index contributed by atoms with van der Waals surface area (Å²) in [6, 6.07) is 0. The Labute approximate surface area is 316 Å². The fraction of sp³-hybridized carbons (Fsp3) is 0.976. The quantitative estimate of drug-likeness (QED) is 0.0360. The third-order valence-corrected chi connectivity index (χ3v) is 10.8. The molecule has 0 radical (unpaired) electrons. The standard InChI is InChI=1S/C42H86NO7P/c1-3-5-7-9-11-13-15-17-18-19-20-21-22-23-25-27-29-31-33-35-42(44)50-41(40-49-51(45,46)48-38-36-43)39-47-37-34-32-30-28-26-24-16-14-12-10-8-6-4-2/h41H,3-40,43H2,1-2H3,(H,45,46). The van der Waals surface area contributed by atoms with Gasteiger partial charge < -0.3 is 20.1 Å². The molecule has 2 atom stereocenters. The Balaban J connectivity index is 3.94. The Hall–Kier alpha value is -0.500. The molecule has 0 aliphatic carbocycles. The minimum Gasteiger partial charge on any atom is -0.457 e. The molecule has 0 aromatic heterocycles. The molecule has 8 nitrogen and oxygen atoms in total. The van der Waals surface area contributed by atoms with Crippen LogP contribution < -0.4 is 5.73 Å². The van der Waals surface area contributed by atoms with Crippen LogP contribution in [0.1, 0.15) is 226 Å². The lowest BCUT2D eigenvalue weighted by molar-refractivity contribution is -0.154. The minimum absolute atomic E-state index is 0.0901. The molecule has 3 N–H and O–H groups in total. The highest BCUT2D eigenvalue weighted by atomic mass is 31.2. The second-order valence-electron chi connectivity index (χ2n) is 14.9. The molecule has 2 unspecified atom stereocenters. The Morgan fingerprint density at radius 3 is 1.24 bits per heavy atom. The summed E-state index contributed by atoms with van der Waals surface area (Å²) in [6.07, 6.45) is 41.2. The molecule has 306 valence electrons. The van der Waals surface area contributed by atoms with Crippen LogP contribution >= 0.6 is 7.82 Å². The zero-order valence-corrected chi connectivity index (χ0v) is 34.8. The van der Waals surface area contributed by atoms with Crippen molar-refractivity contribution in [3.8, 4) is 0 Å². The highest BCUT2D eigenvalue weighted by molar-refractivity contribution is 7.47. The van der Waals surface area contributed by atoms with Crippen LogP contribution in [0.25, 0.3) is 0 Å². The number of ether oxygens (including phenoxy) is 2. The summed E-state index contributed by atoms with van der Waals surface area (Å²) in [5.41, 5.74) is 5.37. The van der Waals surface area contributed by atoms with E-state index in [1.807, 2.05) is 0 Å². The average molecular weight is 748 g/mol. The molecule has 0 heterocycles.